The molecule has 1 aliphatic rings. The van der Waals surface area contributed by atoms with E-state index < -0.39 is 5.41 Å². The van der Waals surface area contributed by atoms with Crippen LogP contribution in [0.3, 0.4) is 0 Å². The second-order valence-corrected chi connectivity index (χ2v) is 19.1. The molecule has 0 bridgehead atoms. The van der Waals surface area contributed by atoms with Crippen LogP contribution in [-0.2, 0) is 5.41 Å². The number of hydrogen-bond acceptors (Lipinski definition) is 2. The Morgan fingerprint density at radius 1 is 0.288 bits per heavy atom. The third-order valence-electron chi connectivity index (χ3n) is 15.2. The second-order valence-electron chi connectivity index (χ2n) is 19.1. The zero-order valence-electron chi connectivity index (χ0n) is 40.0. The van der Waals surface area contributed by atoms with Crippen LogP contribution < -0.4 is 4.90 Å². The molecule has 0 saturated heterocycles. The van der Waals surface area contributed by atoms with Gasteiger partial charge in [-0.25, -0.2) is 0 Å². The zero-order valence-corrected chi connectivity index (χ0v) is 40.0. The van der Waals surface area contributed by atoms with Crippen LogP contribution in [0.25, 0.3) is 88.3 Å². The number of anilines is 3. The van der Waals surface area contributed by atoms with Crippen molar-refractivity contribution in [2.24, 2.45) is 0 Å². The minimum absolute atomic E-state index is 0.494. The van der Waals surface area contributed by atoms with E-state index in [9.17, 15) is 0 Å². The van der Waals surface area contributed by atoms with Gasteiger partial charge in [-0.2, -0.15) is 0 Å². The summed E-state index contributed by atoms with van der Waals surface area (Å²) in [5.41, 5.74) is 21.5. The first-order valence-electron chi connectivity index (χ1n) is 25.2. The Bertz CT molecular complexity index is 4140. The Kier molecular flexibility index (Phi) is 10.1. The summed E-state index contributed by atoms with van der Waals surface area (Å²) in [4.78, 5) is 2.43. The maximum atomic E-state index is 6.31. The summed E-state index contributed by atoms with van der Waals surface area (Å²) in [7, 11) is 0. The summed E-state index contributed by atoms with van der Waals surface area (Å²) >= 11 is 0. The highest BCUT2D eigenvalue weighted by Crippen LogP contribution is 2.58. The van der Waals surface area contributed by atoms with Gasteiger partial charge in [-0.3, -0.25) is 0 Å². The van der Waals surface area contributed by atoms with E-state index in [0.717, 1.165) is 61.3 Å². The zero-order chi connectivity index (χ0) is 48.3. The minimum atomic E-state index is -0.494. The van der Waals surface area contributed by atoms with Gasteiger partial charge in [0.25, 0.3) is 0 Å². The monoisotopic (exact) mass is 929 g/mol. The second kappa shape index (κ2) is 17.4. The summed E-state index contributed by atoms with van der Waals surface area (Å²) in [5, 5.41) is 4.73. The molecule has 1 aliphatic carbocycles. The summed E-state index contributed by atoms with van der Waals surface area (Å²) in [5.74, 6) is 0. The largest absolute Gasteiger partial charge is 0.456 e. The maximum Gasteiger partial charge on any atom is 0.135 e. The van der Waals surface area contributed by atoms with Gasteiger partial charge in [-0.1, -0.05) is 237 Å². The topological polar surface area (TPSA) is 16.4 Å². The Hall–Kier alpha value is -9.50. The minimum Gasteiger partial charge on any atom is -0.456 e. The van der Waals surface area contributed by atoms with Gasteiger partial charge in [0.15, 0.2) is 0 Å². The van der Waals surface area contributed by atoms with Gasteiger partial charge < -0.3 is 9.32 Å². The molecule has 0 saturated carbocycles. The van der Waals surface area contributed by atoms with Crippen LogP contribution in [0.1, 0.15) is 22.3 Å². The van der Waals surface area contributed by atoms with Crippen LogP contribution in [0.4, 0.5) is 17.1 Å². The van der Waals surface area contributed by atoms with Crippen LogP contribution in [0.15, 0.2) is 290 Å². The number of furan rings is 1. The van der Waals surface area contributed by atoms with Gasteiger partial charge in [0.2, 0.25) is 0 Å². The van der Waals surface area contributed by atoms with Crippen molar-refractivity contribution < 1.29 is 4.42 Å². The molecule has 14 rings (SSSR count). The van der Waals surface area contributed by atoms with Crippen LogP contribution in [0.2, 0.25) is 0 Å². The first-order chi connectivity index (χ1) is 36.2. The third-order valence-corrected chi connectivity index (χ3v) is 15.2. The lowest BCUT2D eigenvalue weighted by atomic mass is 9.67. The highest BCUT2D eigenvalue weighted by atomic mass is 16.3. The third kappa shape index (κ3) is 6.94. The summed E-state index contributed by atoms with van der Waals surface area (Å²) in [6, 6.07) is 104. The van der Waals surface area contributed by atoms with Crippen molar-refractivity contribution >= 4 is 49.8 Å². The summed E-state index contributed by atoms with van der Waals surface area (Å²) in [6.45, 7) is 0. The van der Waals surface area contributed by atoms with Gasteiger partial charge in [0.05, 0.1) is 11.1 Å². The number of nitrogens with zero attached hydrogens (tertiary/aromatic N) is 1. The Balaban J connectivity index is 0.921. The van der Waals surface area contributed by atoms with E-state index in [1.165, 1.54) is 66.4 Å². The molecule has 73 heavy (non-hydrogen) atoms. The van der Waals surface area contributed by atoms with Crippen LogP contribution in [0, 0.1) is 0 Å². The molecule has 0 atom stereocenters. The fourth-order valence-corrected chi connectivity index (χ4v) is 11.9. The quantitative estimate of drug-likeness (QED) is 0.143. The molecule has 0 fully saturated rings. The van der Waals surface area contributed by atoms with E-state index in [-0.39, 0.29) is 0 Å². The van der Waals surface area contributed by atoms with Crippen LogP contribution >= 0.6 is 0 Å². The lowest BCUT2D eigenvalue weighted by molar-refractivity contribution is 0.669. The molecular formula is C71H47NO. The molecule has 12 aromatic carbocycles. The van der Waals surface area contributed by atoms with Crippen molar-refractivity contribution in [2.45, 2.75) is 5.41 Å². The molecule has 0 aliphatic heterocycles. The van der Waals surface area contributed by atoms with Gasteiger partial charge in [-0.15, -0.1) is 0 Å². The van der Waals surface area contributed by atoms with E-state index in [1.54, 1.807) is 0 Å². The highest BCUT2D eigenvalue weighted by molar-refractivity contribution is 6.07. The standard InChI is InChI=1S/C71H47NO/c1-3-21-54(22-4-1)71(55-23-5-2-6-24-55)65-32-12-9-29-63(65)70-61(31-17-33-66(70)71)52-20-15-25-57(46-52)72(67-34-13-10-27-60(67)53-42-45-69-64(47-53)62-28-11-14-35-68(62)73-69)56-43-40-49(41-44-56)48-36-38-51(39-37-48)59-30-16-19-50-18-7-8-26-58(50)59/h1-47H. The van der Waals surface area contributed by atoms with Crippen LogP contribution in [0.5, 0.6) is 0 Å². The lowest BCUT2D eigenvalue weighted by Crippen LogP contribution is -2.28. The number of fused-ring (bicyclic) bond motifs is 7. The average molecular weight is 930 g/mol. The molecule has 1 heterocycles. The van der Waals surface area contributed by atoms with E-state index in [1.807, 2.05) is 12.1 Å². The van der Waals surface area contributed by atoms with Gasteiger partial charge in [-0.05, 0) is 132 Å². The molecule has 0 N–H and O–H groups in total. The average Bonchev–Trinajstić information content (AvgIpc) is 4.05. The van der Waals surface area contributed by atoms with Crippen molar-refractivity contribution in [2.75, 3.05) is 4.90 Å². The molecular weight excluding hydrogens is 883 g/mol. The van der Waals surface area contributed by atoms with Gasteiger partial charge in [0, 0.05) is 27.7 Å². The number of benzene rings is 12. The number of para-hydroxylation sites is 2. The predicted octanol–water partition coefficient (Wildman–Crippen LogP) is 19.2. The molecule has 0 spiro atoms. The van der Waals surface area contributed by atoms with E-state index in [4.69, 9.17) is 4.42 Å². The number of rotatable bonds is 9. The molecule has 0 amide bonds. The van der Waals surface area contributed by atoms with Crippen molar-refractivity contribution in [3.05, 3.63) is 307 Å². The lowest BCUT2D eigenvalue weighted by Gasteiger charge is -2.34. The molecule has 0 radical (unpaired) electrons. The van der Waals surface area contributed by atoms with E-state index in [2.05, 4.69) is 278 Å². The maximum absolute atomic E-state index is 6.31. The van der Waals surface area contributed by atoms with Crippen LogP contribution in [-0.4, -0.2) is 0 Å². The molecule has 1 aromatic heterocycles. The Labute approximate surface area is 425 Å². The SMILES string of the molecule is c1ccc(C2(c3ccccc3)c3ccccc3-c3c(-c4cccc(N(c5ccc(-c6ccc(-c7cccc8ccccc78)cc6)cc5)c5ccccc5-c5ccc6oc7ccccc7c6c5)c4)cccc32)cc1. The summed E-state index contributed by atoms with van der Waals surface area (Å²) in [6.07, 6.45) is 0. The predicted molar refractivity (Wildman–Crippen MR) is 305 cm³/mol. The first-order valence-corrected chi connectivity index (χ1v) is 25.2. The van der Waals surface area contributed by atoms with Crippen molar-refractivity contribution in [3.8, 4) is 55.6 Å². The van der Waals surface area contributed by atoms with Crippen molar-refractivity contribution in [1.82, 2.24) is 0 Å². The van der Waals surface area contributed by atoms with Crippen molar-refractivity contribution in [1.29, 1.82) is 0 Å². The molecule has 13 aromatic rings. The van der Waals surface area contributed by atoms with E-state index in [0.29, 0.717) is 0 Å². The number of hydrogen-bond donors (Lipinski definition) is 0. The molecule has 0 unspecified atom stereocenters. The molecule has 342 valence electrons. The highest BCUT2D eigenvalue weighted by Gasteiger charge is 2.46. The molecule has 2 heteroatoms. The Morgan fingerprint density at radius 3 is 1.62 bits per heavy atom. The smallest absolute Gasteiger partial charge is 0.135 e. The fraction of sp³-hybridized carbons (Fsp3) is 0.0141. The summed E-state index contributed by atoms with van der Waals surface area (Å²) < 4.78 is 6.31. The Morgan fingerprint density at radius 2 is 0.822 bits per heavy atom. The normalized spacial score (nSPS) is 12.5. The first kappa shape index (κ1) is 42.4. The van der Waals surface area contributed by atoms with Gasteiger partial charge >= 0.3 is 0 Å². The van der Waals surface area contributed by atoms with Crippen molar-refractivity contribution in [3.63, 3.8) is 0 Å². The fourth-order valence-electron chi connectivity index (χ4n) is 11.9. The molecule has 2 nitrogen and oxygen atoms in total. The van der Waals surface area contributed by atoms with Gasteiger partial charge in [0.1, 0.15) is 11.2 Å². The van der Waals surface area contributed by atoms with E-state index >= 15 is 0 Å².